The van der Waals surface area contributed by atoms with Crippen LogP contribution in [-0.2, 0) is 26.2 Å². The standard InChI is InChI=1S/C25H26N2O6S/c1-18(24(28)27(2)3)33-25(29)20-10-7-11-23(16-20)34(30,31)26-21-12-14-22(15-13-21)32-17-19-8-5-4-6-9-19/h4-16,18,26H,17H2,1-3H3. The Balaban J connectivity index is 1.65. The average Bonchev–Trinajstić information content (AvgIpc) is 2.83. The second-order valence-corrected chi connectivity index (χ2v) is 9.39. The van der Waals surface area contributed by atoms with E-state index >= 15 is 0 Å². The lowest BCUT2D eigenvalue weighted by atomic mass is 10.2. The molecule has 9 heteroatoms. The zero-order valence-corrected chi connectivity index (χ0v) is 19.9. The fourth-order valence-electron chi connectivity index (χ4n) is 3.01. The van der Waals surface area contributed by atoms with Crippen LogP contribution in [0.5, 0.6) is 5.75 Å². The monoisotopic (exact) mass is 482 g/mol. The number of carbonyl (C=O) groups excluding carboxylic acids is 2. The minimum absolute atomic E-state index is 0.0194. The van der Waals surface area contributed by atoms with Gasteiger partial charge in [-0.1, -0.05) is 36.4 Å². The zero-order valence-electron chi connectivity index (χ0n) is 19.1. The van der Waals surface area contributed by atoms with Gasteiger partial charge in [0.1, 0.15) is 12.4 Å². The largest absolute Gasteiger partial charge is 0.489 e. The molecule has 0 spiro atoms. The van der Waals surface area contributed by atoms with Gasteiger partial charge >= 0.3 is 5.97 Å². The first-order chi connectivity index (χ1) is 16.2. The van der Waals surface area contributed by atoms with Crippen molar-refractivity contribution in [3.05, 3.63) is 90.0 Å². The van der Waals surface area contributed by atoms with Crippen LogP contribution in [0.3, 0.4) is 0 Å². The quantitative estimate of drug-likeness (QED) is 0.467. The lowest BCUT2D eigenvalue weighted by molar-refractivity contribution is -0.137. The van der Waals surface area contributed by atoms with E-state index in [0.29, 0.717) is 18.0 Å². The highest BCUT2D eigenvalue weighted by Gasteiger charge is 2.22. The Morgan fingerprint density at radius 2 is 1.62 bits per heavy atom. The second-order valence-electron chi connectivity index (χ2n) is 7.71. The maximum absolute atomic E-state index is 12.8. The first kappa shape index (κ1) is 24.8. The molecule has 3 aromatic rings. The van der Waals surface area contributed by atoms with Crippen LogP contribution < -0.4 is 9.46 Å². The molecule has 34 heavy (non-hydrogen) atoms. The summed E-state index contributed by atoms with van der Waals surface area (Å²) in [6, 6.07) is 21.6. The van der Waals surface area contributed by atoms with Gasteiger partial charge in [-0.2, -0.15) is 0 Å². The number of likely N-dealkylation sites (N-methyl/N-ethyl adjacent to an activating group) is 1. The maximum atomic E-state index is 12.8. The van der Waals surface area contributed by atoms with Gasteiger partial charge in [0.2, 0.25) is 0 Å². The predicted molar refractivity (Wildman–Crippen MR) is 128 cm³/mol. The van der Waals surface area contributed by atoms with Crippen LogP contribution in [0.25, 0.3) is 0 Å². The Morgan fingerprint density at radius 1 is 0.941 bits per heavy atom. The molecule has 0 aliphatic rings. The van der Waals surface area contributed by atoms with E-state index in [4.69, 9.17) is 9.47 Å². The van der Waals surface area contributed by atoms with E-state index in [0.717, 1.165) is 5.56 Å². The van der Waals surface area contributed by atoms with Gasteiger partial charge in [-0.15, -0.1) is 0 Å². The van der Waals surface area contributed by atoms with E-state index in [1.165, 1.54) is 36.1 Å². The third kappa shape index (κ3) is 6.58. The summed E-state index contributed by atoms with van der Waals surface area (Å²) in [5.74, 6) is -0.576. The number of carbonyl (C=O) groups is 2. The molecule has 0 heterocycles. The second kappa shape index (κ2) is 10.8. The molecule has 1 unspecified atom stereocenters. The third-order valence-electron chi connectivity index (χ3n) is 4.81. The van der Waals surface area contributed by atoms with Crippen molar-refractivity contribution in [2.45, 2.75) is 24.5 Å². The summed E-state index contributed by atoms with van der Waals surface area (Å²) in [6.07, 6.45) is -0.997. The number of nitrogens with one attached hydrogen (secondary N) is 1. The lowest BCUT2D eigenvalue weighted by Gasteiger charge is -2.17. The number of rotatable bonds is 9. The number of esters is 1. The zero-order chi connectivity index (χ0) is 24.7. The Morgan fingerprint density at radius 3 is 2.26 bits per heavy atom. The molecule has 0 aromatic heterocycles. The molecule has 0 fully saturated rings. The van der Waals surface area contributed by atoms with Crippen LogP contribution in [0.2, 0.25) is 0 Å². The van der Waals surface area contributed by atoms with Crippen LogP contribution in [0.4, 0.5) is 5.69 Å². The van der Waals surface area contributed by atoms with E-state index in [-0.39, 0.29) is 16.4 Å². The number of benzene rings is 3. The lowest BCUT2D eigenvalue weighted by Crippen LogP contribution is -2.34. The van der Waals surface area contributed by atoms with Crippen molar-refractivity contribution in [1.82, 2.24) is 4.90 Å². The fraction of sp³-hybridized carbons (Fsp3) is 0.200. The Hall–Kier alpha value is -3.85. The summed E-state index contributed by atoms with van der Waals surface area (Å²) in [5.41, 5.74) is 1.38. The van der Waals surface area contributed by atoms with Gasteiger partial charge in [-0.05, 0) is 55.0 Å². The smallest absolute Gasteiger partial charge is 0.338 e. The number of sulfonamides is 1. The molecule has 0 radical (unpaired) electrons. The highest BCUT2D eigenvalue weighted by atomic mass is 32.2. The molecule has 3 aromatic carbocycles. The van der Waals surface area contributed by atoms with E-state index in [1.54, 1.807) is 38.4 Å². The summed E-state index contributed by atoms with van der Waals surface area (Å²) >= 11 is 0. The molecule has 178 valence electrons. The van der Waals surface area contributed by atoms with E-state index < -0.39 is 22.1 Å². The summed E-state index contributed by atoms with van der Waals surface area (Å²) in [6.45, 7) is 1.85. The average molecular weight is 483 g/mol. The van der Waals surface area contributed by atoms with Gasteiger partial charge in [0.15, 0.2) is 6.10 Å². The van der Waals surface area contributed by atoms with E-state index in [2.05, 4.69) is 4.72 Å². The predicted octanol–water partition coefficient (Wildman–Crippen LogP) is 3.70. The molecule has 0 bridgehead atoms. The molecular formula is C25H26N2O6S. The molecule has 8 nitrogen and oxygen atoms in total. The summed E-state index contributed by atoms with van der Waals surface area (Å²) < 4.78 is 39.0. The minimum Gasteiger partial charge on any atom is -0.489 e. The number of amides is 1. The Bertz CT molecular complexity index is 1240. The van der Waals surface area contributed by atoms with Crippen LogP contribution >= 0.6 is 0 Å². The topological polar surface area (TPSA) is 102 Å². The van der Waals surface area contributed by atoms with Crippen molar-refractivity contribution in [2.75, 3.05) is 18.8 Å². The van der Waals surface area contributed by atoms with Crippen molar-refractivity contribution in [2.24, 2.45) is 0 Å². The fourth-order valence-corrected chi connectivity index (χ4v) is 4.11. The molecular weight excluding hydrogens is 456 g/mol. The first-order valence-corrected chi connectivity index (χ1v) is 12.0. The number of nitrogens with zero attached hydrogens (tertiary/aromatic N) is 1. The summed E-state index contributed by atoms with van der Waals surface area (Å²) in [4.78, 5) is 25.5. The van der Waals surface area contributed by atoms with Gasteiger partial charge < -0.3 is 14.4 Å². The summed E-state index contributed by atoms with van der Waals surface area (Å²) in [5, 5.41) is 0. The van der Waals surface area contributed by atoms with Crippen molar-refractivity contribution in [3.8, 4) is 5.75 Å². The third-order valence-corrected chi connectivity index (χ3v) is 6.19. The van der Waals surface area contributed by atoms with Crippen molar-refractivity contribution in [3.63, 3.8) is 0 Å². The van der Waals surface area contributed by atoms with Gasteiger partial charge in [0, 0.05) is 19.8 Å². The Labute approximate surface area is 199 Å². The highest BCUT2D eigenvalue weighted by molar-refractivity contribution is 7.92. The first-order valence-electron chi connectivity index (χ1n) is 10.5. The van der Waals surface area contributed by atoms with Gasteiger partial charge in [-0.3, -0.25) is 9.52 Å². The molecule has 1 atom stereocenters. The van der Waals surface area contributed by atoms with Crippen molar-refractivity contribution >= 4 is 27.6 Å². The normalized spacial score (nSPS) is 11.9. The van der Waals surface area contributed by atoms with Crippen LogP contribution in [0.1, 0.15) is 22.8 Å². The molecule has 0 saturated heterocycles. The minimum atomic E-state index is -3.97. The van der Waals surface area contributed by atoms with Crippen LogP contribution in [0, 0.1) is 0 Å². The molecule has 0 aliphatic heterocycles. The van der Waals surface area contributed by atoms with Gasteiger partial charge in [-0.25, -0.2) is 13.2 Å². The van der Waals surface area contributed by atoms with Crippen LogP contribution in [-0.4, -0.2) is 45.4 Å². The Kier molecular flexibility index (Phi) is 7.91. The van der Waals surface area contributed by atoms with Gasteiger partial charge in [0.25, 0.3) is 15.9 Å². The molecule has 1 amide bonds. The number of hydrogen-bond acceptors (Lipinski definition) is 6. The number of hydrogen-bond donors (Lipinski definition) is 1. The van der Waals surface area contributed by atoms with E-state index in [1.807, 2.05) is 30.3 Å². The highest BCUT2D eigenvalue weighted by Crippen LogP contribution is 2.21. The van der Waals surface area contributed by atoms with Gasteiger partial charge in [0.05, 0.1) is 10.5 Å². The SMILES string of the molecule is CC(OC(=O)c1cccc(S(=O)(=O)Nc2ccc(OCc3ccccc3)cc2)c1)C(=O)N(C)C. The van der Waals surface area contributed by atoms with E-state index in [9.17, 15) is 18.0 Å². The maximum Gasteiger partial charge on any atom is 0.338 e. The molecule has 0 aliphatic carbocycles. The molecule has 1 N–H and O–H groups in total. The molecule has 3 rings (SSSR count). The molecule has 0 saturated carbocycles. The van der Waals surface area contributed by atoms with Crippen LogP contribution in [0.15, 0.2) is 83.8 Å². The summed E-state index contributed by atoms with van der Waals surface area (Å²) in [7, 11) is -0.871. The number of anilines is 1. The van der Waals surface area contributed by atoms with Crippen molar-refractivity contribution in [1.29, 1.82) is 0 Å². The van der Waals surface area contributed by atoms with Crippen molar-refractivity contribution < 1.29 is 27.5 Å². The number of ether oxygens (including phenoxy) is 2.